The number of hydrogen-bond donors (Lipinski definition) is 1. The van der Waals surface area contributed by atoms with E-state index in [1.807, 2.05) is 18.2 Å². The number of benzene rings is 1. The predicted molar refractivity (Wildman–Crippen MR) is 70.4 cm³/mol. The van der Waals surface area contributed by atoms with Crippen LogP contribution in [-0.4, -0.2) is 24.5 Å². The van der Waals surface area contributed by atoms with Crippen molar-refractivity contribution in [3.8, 4) is 0 Å². The molecule has 96 valence electrons. The van der Waals surface area contributed by atoms with E-state index in [1.165, 1.54) is 0 Å². The van der Waals surface area contributed by atoms with Crippen LogP contribution < -0.4 is 10.6 Å². The Kier molecular flexibility index (Phi) is 3.62. The SMILES string of the molecule is Cc1nc2ccc(N(C)C(=O)CCCN)cc2o1. The maximum atomic E-state index is 11.9. The van der Waals surface area contributed by atoms with Gasteiger partial charge in [0.25, 0.3) is 0 Å². The molecule has 0 saturated heterocycles. The average Bonchev–Trinajstić information content (AvgIpc) is 2.73. The first-order valence-electron chi connectivity index (χ1n) is 5.95. The topological polar surface area (TPSA) is 72.4 Å². The third kappa shape index (κ3) is 2.51. The summed E-state index contributed by atoms with van der Waals surface area (Å²) in [5, 5.41) is 0. The van der Waals surface area contributed by atoms with E-state index in [0.29, 0.717) is 30.9 Å². The molecule has 0 unspecified atom stereocenters. The highest BCUT2D eigenvalue weighted by atomic mass is 16.3. The number of nitrogens with two attached hydrogens (primary N) is 1. The molecule has 1 amide bonds. The highest BCUT2D eigenvalue weighted by molar-refractivity contribution is 5.94. The van der Waals surface area contributed by atoms with E-state index in [1.54, 1.807) is 18.9 Å². The van der Waals surface area contributed by atoms with Gasteiger partial charge in [-0.3, -0.25) is 4.79 Å². The lowest BCUT2D eigenvalue weighted by atomic mass is 10.2. The minimum Gasteiger partial charge on any atom is -0.441 e. The van der Waals surface area contributed by atoms with Crippen molar-refractivity contribution in [2.45, 2.75) is 19.8 Å². The second-order valence-corrected chi connectivity index (χ2v) is 4.23. The number of oxazole rings is 1. The molecule has 2 rings (SSSR count). The molecule has 1 aromatic carbocycles. The molecule has 2 aromatic rings. The fourth-order valence-electron chi connectivity index (χ4n) is 1.80. The van der Waals surface area contributed by atoms with E-state index < -0.39 is 0 Å². The first-order chi connectivity index (χ1) is 8.61. The van der Waals surface area contributed by atoms with Gasteiger partial charge in [0.15, 0.2) is 11.5 Å². The van der Waals surface area contributed by atoms with Crippen LogP contribution in [0.2, 0.25) is 0 Å². The van der Waals surface area contributed by atoms with Crippen LogP contribution in [0.3, 0.4) is 0 Å². The standard InChI is InChI=1S/C13H17N3O2/c1-9-15-11-6-5-10(8-12(11)18-9)16(2)13(17)4-3-7-14/h5-6,8H,3-4,7,14H2,1-2H3. The minimum atomic E-state index is 0.0519. The predicted octanol–water partition coefficient (Wildman–Crippen LogP) is 1.84. The Bertz CT molecular complexity index is 562. The number of carbonyl (C=O) groups excluding carboxylic acids is 1. The van der Waals surface area contributed by atoms with Gasteiger partial charge in [0.1, 0.15) is 5.52 Å². The Morgan fingerprint density at radius 2 is 2.28 bits per heavy atom. The van der Waals surface area contributed by atoms with Crippen molar-refractivity contribution in [2.75, 3.05) is 18.5 Å². The van der Waals surface area contributed by atoms with Crippen LogP contribution in [0.15, 0.2) is 22.6 Å². The van der Waals surface area contributed by atoms with Crippen molar-refractivity contribution in [1.82, 2.24) is 4.98 Å². The van der Waals surface area contributed by atoms with Crippen LogP contribution in [0.1, 0.15) is 18.7 Å². The monoisotopic (exact) mass is 247 g/mol. The van der Waals surface area contributed by atoms with Gasteiger partial charge in [-0.25, -0.2) is 4.98 Å². The zero-order chi connectivity index (χ0) is 13.1. The summed E-state index contributed by atoms with van der Waals surface area (Å²) in [4.78, 5) is 17.7. The van der Waals surface area contributed by atoms with Crippen molar-refractivity contribution in [1.29, 1.82) is 0 Å². The van der Waals surface area contributed by atoms with Crippen molar-refractivity contribution in [2.24, 2.45) is 5.73 Å². The lowest BCUT2D eigenvalue weighted by Crippen LogP contribution is -2.26. The zero-order valence-corrected chi connectivity index (χ0v) is 10.6. The number of hydrogen-bond acceptors (Lipinski definition) is 4. The minimum absolute atomic E-state index is 0.0519. The molecule has 0 spiro atoms. The van der Waals surface area contributed by atoms with E-state index >= 15 is 0 Å². The van der Waals surface area contributed by atoms with Crippen LogP contribution in [-0.2, 0) is 4.79 Å². The molecule has 0 aliphatic heterocycles. The molecule has 0 bridgehead atoms. The van der Waals surface area contributed by atoms with Crippen molar-refractivity contribution in [3.63, 3.8) is 0 Å². The molecule has 18 heavy (non-hydrogen) atoms. The zero-order valence-electron chi connectivity index (χ0n) is 10.6. The van der Waals surface area contributed by atoms with Crippen LogP contribution in [0.25, 0.3) is 11.1 Å². The third-order valence-corrected chi connectivity index (χ3v) is 2.84. The van der Waals surface area contributed by atoms with Crippen LogP contribution in [0, 0.1) is 6.92 Å². The quantitative estimate of drug-likeness (QED) is 0.894. The molecule has 0 saturated carbocycles. The Morgan fingerprint density at radius 1 is 1.50 bits per heavy atom. The van der Waals surface area contributed by atoms with Crippen LogP contribution in [0.5, 0.6) is 0 Å². The highest BCUT2D eigenvalue weighted by Crippen LogP contribution is 2.22. The number of aromatic nitrogens is 1. The van der Waals surface area contributed by atoms with Gasteiger partial charge in [-0.15, -0.1) is 0 Å². The smallest absolute Gasteiger partial charge is 0.226 e. The van der Waals surface area contributed by atoms with Crippen molar-refractivity contribution < 1.29 is 9.21 Å². The summed E-state index contributed by atoms with van der Waals surface area (Å²) in [6, 6.07) is 5.55. The first-order valence-corrected chi connectivity index (χ1v) is 5.95. The lowest BCUT2D eigenvalue weighted by Gasteiger charge is -2.16. The first kappa shape index (κ1) is 12.6. The Balaban J connectivity index is 2.21. The van der Waals surface area contributed by atoms with Crippen LogP contribution >= 0.6 is 0 Å². The van der Waals surface area contributed by atoms with E-state index in [4.69, 9.17) is 10.2 Å². The number of nitrogens with zero attached hydrogens (tertiary/aromatic N) is 2. The molecule has 0 atom stereocenters. The third-order valence-electron chi connectivity index (χ3n) is 2.84. The highest BCUT2D eigenvalue weighted by Gasteiger charge is 2.12. The molecular weight excluding hydrogens is 230 g/mol. The molecule has 0 aliphatic carbocycles. The fourth-order valence-corrected chi connectivity index (χ4v) is 1.80. The molecule has 1 aromatic heterocycles. The van der Waals surface area contributed by atoms with E-state index in [9.17, 15) is 4.79 Å². The fraction of sp³-hybridized carbons (Fsp3) is 0.385. The molecule has 5 nitrogen and oxygen atoms in total. The number of anilines is 1. The Morgan fingerprint density at radius 3 is 3.00 bits per heavy atom. The largest absolute Gasteiger partial charge is 0.441 e. The Labute approximate surface area is 106 Å². The number of fused-ring (bicyclic) bond motifs is 1. The lowest BCUT2D eigenvalue weighted by molar-refractivity contribution is -0.118. The van der Waals surface area contributed by atoms with Gasteiger partial charge in [-0.1, -0.05) is 0 Å². The Hall–Kier alpha value is -1.88. The molecule has 2 N–H and O–H groups in total. The molecule has 5 heteroatoms. The van der Waals surface area contributed by atoms with Crippen molar-refractivity contribution >= 4 is 22.7 Å². The number of rotatable bonds is 4. The summed E-state index contributed by atoms with van der Waals surface area (Å²) in [5.74, 6) is 0.676. The second-order valence-electron chi connectivity index (χ2n) is 4.23. The molecule has 0 radical (unpaired) electrons. The number of amides is 1. The number of aryl methyl sites for hydroxylation is 1. The molecular formula is C13H17N3O2. The van der Waals surface area contributed by atoms with E-state index in [-0.39, 0.29) is 5.91 Å². The second kappa shape index (κ2) is 5.18. The van der Waals surface area contributed by atoms with Crippen LogP contribution in [0.4, 0.5) is 5.69 Å². The van der Waals surface area contributed by atoms with Gasteiger partial charge in [0, 0.05) is 32.1 Å². The van der Waals surface area contributed by atoms with E-state index in [2.05, 4.69) is 4.98 Å². The summed E-state index contributed by atoms with van der Waals surface area (Å²) in [6.07, 6.45) is 1.16. The molecule has 0 aliphatic rings. The van der Waals surface area contributed by atoms with Crippen molar-refractivity contribution in [3.05, 3.63) is 24.1 Å². The maximum absolute atomic E-state index is 11.9. The summed E-state index contributed by atoms with van der Waals surface area (Å²) >= 11 is 0. The van der Waals surface area contributed by atoms with Gasteiger partial charge >= 0.3 is 0 Å². The summed E-state index contributed by atoms with van der Waals surface area (Å²) in [6.45, 7) is 2.33. The van der Waals surface area contributed by atoms with Gasteiger partial charge in [0.05, 0.1) is 0 Å². The molecule has 0 fully saturated rings. The van der Waals surface area contributed by atoms with Gasteiger partial charge in [-0.2, -0.15) is 0 Å². The van der Waals surface area contributed by atoms with E-state index in [0.717, 1.165) is 11.2 Å². The normalized spacial score (nSPS) is 10.8. The maximum Gasteiger partial charge on any atom is 0.226 e. The molecule has 1 heterocycles. The van der Waals surface area contributed by atoms with Gasteiger partial charge < -0.3 is 15.1 Å². The van der Waals surface area contributed by atoms with Gasteiger partial charge in [0.2, 0.25) is 5.91 Å². The summed E-state index contributed by atoms with van der Waals surface area (Å²) < 4.78 is 5.45. The summed E-state index contributed by atoms with van der Waals surface area (Å²) in [5.41, 5.74) is 7.71. The van der Waals surface area contributed by atoms with Gasteiger partial charge in [-0.05, 0) is 25.1 Å². The number of carbonyl (C=O) groups is 1. The summed E-state index contributed by atoms with van der Waals surface area (Å²) in [7, 11) is 1.75. The average molecular weight is 247 g/mol.